The lowest BCUT2D eigenvalue weighted by molar-refractivity contribution is 0.357. The molecular formula is C14H19FN2S. The molecule has 1 aliphatic rings. The van der Waals surface area contributed by atoms with E-state index in [0.717, 1.165) is 6.54 Å². The third kappa shape index (κ3) is 3.95. The van der Waals surface area contributed by atoms with Crippen molar-refractivity contribution >= 4 is 23.0 Å². The Morgan fingerprint density at radius 3 is 2.67 bits per heavy atom. The van der Waals surface area contributed by atoms with E-state index in [1.54, 1.807) is 18.2 Å². The SMILES string of the molecule is Fc1ccccc1NC(=S)NCC1CCCCC1. The number of nitrogens with one attached hydrogen (secondary N) is 2. The van der Waals surface area contributed by atoms with E-state index in [9.17, 15) is 4.39 Å². The van der Waals surface area contributed by atoms with Crippen molar-refractivity contribution in [1.29, 1.82) is 0 Å². The zero-order valence-electron chi connectivity index (χ0n) is 10.4. The van der Waals surface area contributed by atoms with Crippen LogP contribution in [0.25, 0.3) is 0 Å². The van der Waals surface area contributed by atoms with Crippen LogP contribution in [0, 0.1) is 11.7 Å². The number of benzene rings is 1. The average molecular weight is 266 g/mol. The minimum absolute atomic E-state index is 0.278. The first-order valence-corrected chi connectivity index (χ1v) is 6.96. The van der Waals surface area contributed by atoms with Crippen LogP contribution in [0.2, 0.25) is 0 Å². The van der Waals surface area contributed by atoms with Gasteiger partial charge in [0, 0.05) is 6.54 Å². The van der Waals surface area contributed by atoms with E-state index in [2.05, 4.69) is 10.6 Å². The molecule has 2 nitrogen and oxygen atoms in total. The molecule has 0 unspecified atom stereocenters. The highest BCUT2D eigenvalue weighted by atomic mass is 32.1. The number of hydrogen-bond donors (Lipinski definition) is 2. The molecule has 0 aromatic heterocycles. The summed E-state index contributed by atoms with van der Waals surface area (Å²) in [4.78, 5) is 0. The predicted molar refractivity (Wildman–Crippen MR) is 77.2 cm³/mol. The van der Waals surface area contributed by atoms with Gasteiger partial charge in [-0.1, -0.05) is 31.4 Å². The molecule has 0 atom stereocenters. The summed E-state index contributed by atoms with van der Waals surface area (Å²) in [7, 11) is 0. The molecule has 0 aliphatic heterocycles. The van der Waals surface area contributed by atoms with Gasteiger partial charge < -0.3 is 10.6 Å². The number of rotatable bonds is 3. The highest BCUT2D eigenvalue weighted by Gasteiger charge is 2.13. The molecule has 1 saturated carbocycles. The number of anilines is 1. The second kappa shape index (κ2) is 6.69. The Morgan fingerprint density at radius 1 is 1.22 bits per heavy atom. The zero-order valence-corrected chi connectivity index (χ0v) is 11.2. The van der Waals surface area contributed by atoms with Crippen LogP contribution in [0.5, 0.6) is 0 Å². The third-order valence-corrected chi connectivity index (χ3v) is 3.64. The van der Waals surface area contributed by atoms with E-state index in [4.69, 9.17) is 12.2 Å². The summed E-state index contributed by atoms with van der Waals surface area (Å²) >= 11 is 5.18. The summed E-state index contributed by atoms with van der Waals surface area (Å²) in [5.74, 6) is 0.429. The van der Waals surface area contributed by atoms with E-state index in [1.165, 1.54) is 38.2 Å². The van der Waals surface area contributed by atoms with Gasteiger partial charge in [-0.15, -0.1) is 0 Å². The molecule has 0 saturated heterocycles. The van der Waals surface area contributed by atoms with E-state index >= 15 is 0 Å². The van der Waals surface area contributed by atoms with Crippen molar-refractivity contribution in [2.45, 2.75) is 32.1 Å². The topological polar surface area (TPSA) is 24.1 Å². The lowest BCUT2D eigenvalue weighted by Crippen LogP contribution is -2.33. The van der Waals surface area contributed by atoms with E-state index in [0.29, 0.717) is 16.7 Å². The molecular weight excluding hydrogens is 247 g/mol. The Hall–Kier alpha value is -1.16. The van der Waals surface area contributed by atoms with E-state index in [-0.39, 0.29) is 5.82 Å². The van der Waals surface area contributed by atoms with Crippen LogP contribution in [-0.2, 0) is 0 Å². The highest BCUT2D eigenvalue weighted by Crippen LogP contribution is 2.22. The molecule has 0 spiro atoms. The predicted octanol–water partition coefficient (Wildman–Crippen LogP) is 3.69. The van der Waals surface area contributed by atoms with Gasteiger partial charge in [-0.3, -0.25) is 0 Å². The molecule has 4 heteroatoms. The number of halogens is 1. The van der Waals surface area contributed by atoms with Gasteiger partial charge in [0.2, 0.25) is 0 Å². The van der Waals surface area contributed by atoms with Gasteiger partial charge in [-0.2, -0.15) is 0 Å². The highest BCUT2D eigenvalue weighted by molar-refractivity contribution is 7.80. The standard InChI is InChI=1S/C14H19FN2S/c15-12-8-4-5-9-13(12)17-14(18)16-10-11-6-2-1-3-7-11/h4-5,8-9,11H,1-3,6-7,10H2,(H2,16,17,18). The van der Waals surface area contributed by atoms with Gasteiger partial charge in [0.15, 0.2) is 5.11 Å². The molecule has 1 aliphatic carbocycles. The molecule has 98 valence electrons. The maximum absolute atomic E-state index is 13.4. The molecule has 2 rings (SSSR count). The fraction of sp³-hybridized carbons (Fsp3) is 0.500. The van der Waals surface area contributed by atoms with Crippen molar-refractivity contribution in [2.75, 3.05) is 11.9 Å². The Balaban J connectivity index is 1.76. The lowest BCUT2D eigenvalue weighted by Gasteiger charge is -2.22. The first-order valence-electron chi connectivity index (χ1n) is 6.55. The Morgan fingerprint density at radius 2 is 1.94 bits per heavy atom. The Kier molecular flexibility index (Phi) is 4.93. The van der Waals surface area contributed by atoms with Gasteiger partial charge in [-0.05, 0) is 43.1 Å². The van der Waals surface area contributed by atoms with Gasteiger partial charge >= 0.3 is 0 Å². The molecule has 18 heavy (non-hydrogen) atoms. The molecule has 2 N–H and O–H groups in total. The number of hydrogen-bond acceptors (Lipinski definition) is 1. The van der Waals surface area contributed by atoms with Crippen molar-refractivity contribution in [3.05, 3.63) is 30.1 Å². The molecule has 1 aromatic carbocycles. The summed E-state index contributed by atoms with van der Waals surface area (Å²) in [5, 5.41) is 6.58. The van der Waals surface area contributed by atoms with E-state index in [1.807, 2.05) is 0 Å². The molecule has 1 aromatic rings. The largest absolute Gasteiger partial charge is 0.362 e. The van der Waals surface area contributed by atoms with Crippen molar-refractivity contribution in [2.24, 2.45) is 5.92 Å². The maximum atomic E-state index is 13.4. The first kappa shape index (κ1) is 13.3. The van der Waals surface area contributed by atoms with Crippen molar-refractivity contribution < 1.29 is 4.39 Å². The van der Waals surface area contributed by atoms with Crippen LogP contribution in [0.15, 0.2) is 24.3 Å². The molecule has 1 fully saturated rings. The van der Waals surface area contributed by atoms with Crippen LogP contribution in [0.3, 0.4) is 0 Å². The summed E-state index contributed by atoms with van der Waals surface area (Å²) in [6.07, 6.45) is 6.54. The fourth-order valence-electron chi connectivity index (χ4n) is 2.36. The summed E-state index contributed by atoms with van der Waals surface area (Å²) < 4.78 is 13.4. The summed E-state index contributed by atoms with van der Waals surface area (Å²) in [6, 6.07) is 6.56. The molecule has 0 radical (unpaired) electrons. The molecule has 0 heterocycles. The summed E-state index contributed by atoms with van der Waals surface area (Å²) in [5.41, 5.74) is 0.429. The quantitative estimate of drug-likeness (QED) is 0.816. The van der Waals surface area contributed by atoms with Crippen LogP contribution in [-0.4, -0.2) is 11.7 Å². The Labute approximate surface area is 113 Å². The lowest BCUT2D eigenvalue weighted by atomic mass is 9.89. The smallest absolute Gasteiger partial charge is 0.170 e. The van der Waals surface area contributed by atoms with Crippen LogP contribution < -0.4 is 10.6 Å². The van der Waals surface area contributed by atoms with Crippen LogP contribution in [0.1, 0.15) is 32.1 Å². The number of para-hydroxylation sites is 1. The van der Waals surface area contributed by atoms with Gasteiger partial charge in [-0.25, -0.2) is 4.39 Å². The first-order chi connectivity index (χ1) is 8.75. The molecule has 0 bridgehead atoms. The second-order valence-corrected chi connectivity index (χ2v) is 5.23. The zero-order chi connectivity index (χ0) is 12.8. The fourth-order valence-corrected chi connectivity index (χ4v) is 2.55. The maximum Gasteiger partial charge on any atom is 0.170 e. The third-order valence-electron chi connectivity index (χ3n) is 3.40. The van der Waals surface area contributed by atoms with Gasteiger partial charge in [0.05, 0.1) is 5.69 Å². The van der Waals surface area contributed by atoms with E-state index < -0.39 is 0 Å². The van der Waals surface area contributed by atoms with Gasteiger partial charge in [0.1, 0.15) is 5.82 Å². The minimum Gasteiger partial charge on any atom is -0.362 e. The van der Waals surface area contributed by atoms with Crippen LogP contribution in [0.4, 0.5) is 10.1 Å². The monoisotopic (exact) mass is 266 g/mol. The van der Waals surface area contributed by atoms with Gasteiger partial charge in [0.25, 0.3) is 0 Å². The Bertz CT molecular complexity index is 403. The second-order valence-electron chi connectivity index (χ2n) is 4.82. The van der Waals surface area contributed by atoms with Crippen molar-refractivity contribution in [1.82, 2.24) is 5.32 Å². The van der Waals surface area contributed by atoms with Crippen molar-refractivity contribution in [3.8, 4) is 0 Å². The average Bonchev–Trinajstić information content (AvgIpc) is 2.40. The minimum atomic E-state index is -0.278. The van der Waals surface area contributed by atoms with Crippen molar-refractivity contribution in [3.63, 3.8) is 0 Å². The van der Waals surface area contributed by atoms with Crippen LogP contribution >= 0.6 is 12.2 Å². The summed E-state index contributed by atoms with van der Waals surface area (Å²) in [6.45, 7) is 0.889. The normalized spacial score (nSPS) is 16.3. The number of thiocarbonyl (C=S) groups is 1. The molecule has 0 amide bonds.